The average molecular weight is 284 g/mol. The van der Waals surface area contributed by atoms with Gasteiger partial charge in [0.05, 0.1) is 5.02 Å². The van der Waals surface area contributed by atoms with Crippen LogP contribution in [0.1, 0.15) is 0 Å². The van der Waals surface area contributed by atoms with Gasteiger partial charge >= 0.3 is 0 Å². The lowest BCUT2D eigenvalue weighted by atomic mass is 10.0. The van der Waals surface area contributed by atoms with Crippen LogP contribution in [0.25, 0.3) is 11.1 Å². The molecule has 0 amide bonds. The first-order valence-electron chi connectivity index (χ1n) is 5.42. The third kappa shape index (κ3) is 2.45. The van der Waals surface area contributed by atoms with Gasteiger partial charge in [-0.2, -0.15) is 0 Å². The Morgan fingerprint density at radius 2 is 1.78 bits per heavy atom. The Hall–Kier alpha value is -1.25. The molecule has 0 aliphatic heterocycles. The Labute approximate surface area is 116 Å². The van der Waals surface area contributed by atoms with E-state index in [0.29, 0.717) is 21.2 Å². The molecule has 0 heterocycles. The quantitative estimate of drug-likeness (QED) is 0.760. The second-order valence-electron chi connectivity index (χ2n) is 4.15. The Balaban J connectivity index is 2.70. The topological polar surface area (TPSA) is 3.24 Å². The summed E-state index contributed by atoms with van der Waals surface area (Å²) in [6.45, 7) is 0. The first-order valence-corrected chi connectivity index (χ1v) is 6.17. The fourth-order valence-corrected chi connectivity index (χ4v) is 2.35. The molecule has 0 unspecified atom stereocenters. The van der Waals surface area contributed by atoms with Gasteiger partial charge < -0.3 is 4.90 Å². The maximum absolute atomic E-state index is 14.1. The zero-order valence-electron chi connectivity index (χ0n) is 10.0. The van der Waals surface area contributed by atoms with Gasteiger partial charge in [0, 0.05) is 35.9 Å². The Morgan fingerprint density at radius 1 is 1.06 bits per heavy atom. The molecule has 2 aromatic carbocycles. The summed E-state index contributed by atoms with van der Waals surface area (Å²) in [5.41, 5.74) is 1.91. The predicted molar refractivity (Wildman–Crippen MR) is 76.2 cm³/mol. The molecular formula is C14H12Cl2FN. The van der Waals surface area contributed by atoms with Crippen LogP contribution < -0.4 is 4.90 Å². The van der Waals surface area contributed by atoms with Gasteiger partial charge in [-0.15, -0.1) is 0 Å². The van der Waals surface area contributed by atoms with E-state index in [1.165, 1.54) is 6.07 Å². The van der Waals surface area contributed by atoms with Crippen LogP contribution >= 0.6 is 23.2 Å². The number of halogens is 3. The molecule has 0 aliphatic rings. The highest BCUT2D eigenvalue weighted by atomic mass is 35.5. The molecule has 94 valence electrons. The third-order valence-corrected chi connectivity index (χ3v) is 3.22. The first kappa shape index (κ1) is 13.2. The summed E-state index contributed by atoms with van der Waals surface area (Å²) in [7, 11) is 3.73. The minimum absolute atomic E-state index is 0.301. The van der Waals surface area contributed by atoms with Gasteiger partial charge in [0.2, 0.25) is 0 Å². The van der Waals surface area contributed by atoms with Crippen molar-refractivity contribution < 1.29 is 4.39 Å². The van der Waals surface area contributed by atoms with Crippen molar-refractivity contribution in [2.24, 2.45) is 0 Å². The first-order chi connectivity index (χ1) is 8.50. The van der Waals surface area contributed by atoms with E-state index in [9.17, 15) is 4.39 Å². The monoisotopic (exact) mass is 283 g/mol. The summed E-state index contributed by atoms with van der Waals surface area (Å²) < 4.78 is 14.1. The van der Waals surface area contributed by atoms with E-state index in [0.717, 1.165) is 5.69 Å². The molecule has 0 spiro atoms. The van der Waals surface area contributed by atoms with Crippen LogP contribution in [0, 0.1) is 5.82 Å². The zero-order valence-corrected chi connectivity index (χ0v) is 11.6. The average Bonchev–Trinajstić information content (AvgIpc) is 2.29. The number of anilines is 1. The van der Waals surface area contributed by atoms with Crippen LogP contribution in [0.5, 0.6) is 0 Å². The predicted octanol–water partition coefficient (Wildman–Crippen LogP) is 4.87. The molecule has 2 rings (SSSR count). The van der Waals surface area contributed by atoms with Crippen LogP contribution in [0.2, 0.25) is 10.0 Å². The van der Waals surface area contributed by atoms with Crippen LogP contribution in [-0.2, 0) is 0 Å². The van der Waals surface area contributed by atoms with Gasteiger partial charge in [-0.1, -0.05) is 35.3 Å². The number of rotatable bonds is 2. The summed E-state index contributed by atoms with van der Waals surface area (Å²) in [4.78, 5) is 1.85. The Kier molecular flexibility index (Phi) is 3.79. The summed E-state index contributed by atoms with van der Waals surface area (Å²) in [5, 5.41) is 0.974. The molecule has 0 saturated heterocycles. The standard InChI is InChI=1S/C14H12Cl2FN/c1-18(2)13-5-3-4-12(17)14(13)10-7-6-9(15)8-11(10)16/h3-8H,1-2H3. The van der Waals surface area contributed by atoms with Crippen molar-refractivity contribution in [2.45, 2.75) is 0 Å². The fraction of sp³-hybridized carbons (Fsp3) is 0.143. The molecule has 0 radical (unpaired) electrons. The summed E-state index contributed by atoms with van der Waals surface area (Å²) in [6.07, 6.45) is 0. The lowest BCUT2D eigenvalue weighted by Gasteiger charge is -2.18. The van der Waals surface area contributed by atoms with Crippen LogP contribution in [-0.4, -0.2) is 14.1 Å². The fourth-order valence-electron chi connectivity index (χ4n) is 1.84. The smallest absolute Gasteiger partial charge is 0.133 e. The maximum Gasteiger partial charge on any atom is 0.133 e. The number of benzene rings is 2. The molecular weight excluding hydrogens is 272 g/mol. The molecule has 0 aliphatic carbocycles. The molecule has 0 aromatic heterocycles. The molecule has 0 N–H and O–H groups in total. The number of nitrogens with zero attached hydrogens (tertiary/aromatic N) is 1. The van der Waals surface area contributed by atoms with Crippen molar-refractivity contribution in [2.75, 3.05) is 19.0 Å². The highest BCUT2D eigenvalue weighted by Crippen LogP contribution is 2.37. The molecule has 0 fully saturated rings. The Morgan fingerprint density at radius 3 is 2.39 bits per heavy atom. The minimum Gasteiger partial charge on any atom is -0.377 e. The molecule has 0 atom stereocenters. The second kappa shape index (κ2) is 5.17. The highest BCUT2D eigenvalue weighted by molar-refractivity contribution is 6.36. The zero-order chi connectivity index (χ0) is 13.3. The van der Waals surface area contributed by atoms with E-state index in [2.05, 4.69) is 0 Å². The largest absolute Gasteiger partial charge is 0.377 e. The minimum atomic E-state index is -0.301. The number of hydrogen-bond acceptors (Lipinski definition) is 1. The van der Waals surface area contributed by atoms with Crippen molar-refractivity contribution in [3.8, 4) is 11.1 Å². The molecule has 0 bridgehead atoms. The van der Waals surface area contributed by atoms with Crippen LogP contribution in [0.3, 0.4) is 0 Å². The van der Waals surface area contributed by atoms with Crippen LogP contribution in [0.4, 0.5) is 10.1 Å². The van der Waals surface area contributed by atoms with Gasteiger partial charge in [-0.25, -0.2) is 4.39 Å². The summed E-state index contributed by atoms with van der Waals surface area (Å²) >= 11 is 12.0. The lowest BCUT2D eigenvalue weighted by Crippen LogP contribution is -2.10. The Bertz CT molecular complexity index is 582. The normalized spacial score (nSPS) is 10.5. The lowest BCUT2D eigenvalue weighted by molar-refractivity contribution is 0.631. The third-order valence-electron chi connectivity index (χ3n) is 2.67. The number of hydrogen-bond donors (Lipinski definition) is 0. The van der Waals surface area contributed by atoms with Gasteiger partial charge in [0.1, 0.15) is 5.82 Å². The molecule has 18 heavy (non-hydrogen) atoms. The summed E-state index contributed by atoms with van der Waals surface area (Å²) in [5.74, 6) is -0.301. The van der Waals surface area contributed by atoms with Crippen molar-refractivity contribution in [1.29, 1.82) is 0 Å². The van der Waals surface area contributed by atoms with E-state index in [1.807, 2.05) is 25.1 Å². The van der Waals surface area contributed by atoms with Gasteiger partial charge in [-0.05, 0) is 24.3 Å². The van der Waals surface area contributed by atoms with Crippen LogP contribution in [0.15, 0.2) is 36.4 Å². The second-order valence-corrected chi connectivity index (χ2v) is 5.00. The highest BCUT2D eigenvalue weighted by Gasteiger charge is 2.15. The van der Waals surface area contributed by atoms with E-state index >= 15 is 0 Å². The van der Waals surface area contributed by atoms with Crippen molar-refractivity contribution >= 4 is 28.9 Å². The van der Waals surface area contributed by atoms with E-state index < -0.39 is 0 Å². The van der Waals surface area contributed by atoms with E-state index in [4.69, 9.17) is 23.2 Å². The molecule has 0 saturated carbocycles. The molecule has 4 heteroatoms. The van der Waals surface area contributed by atoms with Crippen molar-refractivity contribution in [3.63, 3.8) is 0 Å². The van der Waals surface area contributed by atoms with Crippen molar-refractivity contribution in [1.82, 2.24) is 0 Å². The SMILES string of the molecule is CN(C)c1cccc(F)c1-c1ccc(Cl)cc1Cl. The van der Waals surface area contributed by atoms with Gasteiger partial charge in [-0.3, -0.25) is 0 Å². The van der Waals surface area contributed by atoms with Gasteiger partial charge in [0.25, 0.3) is 0 Å². The summed E-state index contributed by atoms with van der Waals surface area (Å²) in [6, 6.07) is 10.0. The maximum atomic E-state index is 14.1. The van der Waals surface area contributed by atoms with Gasteiger partial charge in [0.15, 0.2) is 0 Å². The molecule has 1 nitrogen and oxygen atoms in total. The van der Waals surface area contributed by atoms with E-state index in [-0.39, 0.29) is 5.82 Å². The molecule has 2 aromatic rings. The van der Waals surface area contributed by atoms with E-state index in [1.54, 1.807) is 24.3 Å². The van der Waals surface area contributed by atoms with Crippen molar-refractivity contribution in [3.05, 3.63) is 52.3 Å².